The van der Waals surface area contributed by atoms with Gasteiger partial charge in [-0.15, -0.1) is 0 Å². The van der Waals surface area contributed by atoms with E-state index >= 15 is 0 Å². The molecule has 0 aliphatic carbocycles. The van der Waals surface area contributed by atoms with E-state index in [2.05, 4.69) is 0 Å². The first-order chi connectivity index (χ1) is 13.2. The van der Waals surface area contributed by atoms with E-state index in [9.17, 15) is 14.2 Å². The summed E-state index contributed by atoms with van der Waals surface area (Å²) in [6.45, 7) is 11.7. The van der Waals surface area contributed by atoms with Crippen molar-refractivity contribution in [1.82, 2.24) is 0 Å². The number of ketones is 2. The van der Waals surface area contributed by atoms with E-state index in [1.807, 2.05) is 65.8 Å². The monoisotopic (exact) mass is 398 g/mol. The molecule has 0 aliphatic heterocycles. The number of carbonyl (C=O) groups is 2. The number of hydrogen-bond donors (Lipinski definition) is 0. The molecule has 1 atom stereocenters. The lowest BCUT2D eigenvalue weighted by atomic mass is 9.81. The van der Waals surface area contributed by atoms with Crippen molar-refractivity contribution in [3.8, 4) is 0 Å². The first kappa shape index (κ1) is 22.3. The third kappa shape index (κ3) is 4.89. The average molecular weight is 398 g/mol. The Labute approximate surface area is 169 Å². The van der Waals surface area contributed by atoms with Crippen LogP contribution in [0.15, 0.2) is 24.3 Å². The Kier molecular flexibility index (Phi) is 7.55. The third-order valence-electron chi connectivity index (χ3n) is 5.29. The molecule has 0 radical (unpaired) electrons. The van der Waals surface area contributed by atoms with Crippen molar-refractivity contribution >= 4 is 20.0 Å². The maximum atomic E-state index is 13.5. The number of hydrogen-bond acceptors (Lipinski definition) is 3. The fourth-order valence-electron chi connectivity index (χ4n) is 4.27. The summed E-state index contributed by atoms with van der Waals surface area (Å²) in [5.41, 5.74) is 7.16. The Morgan fingerprint density at radius 2 is 1.11 bits per heavy atom. The summed E-state index contributed by atoms with van der Waals surface area (Å²) in [5, 5.41) is 0. The van der Waals surface area contributed by atoms with Gasteiger partial charge in [0.05, 0.1) is 14.4 Å². The van der Waals surface area contributed by atoms with Crippen molar-refractivity contribution < 1.29 is 14.2 Å². The van der Waals surface area contributed by atoms with Crippen molar-refractivity contribution in [2.24, 2.45) is 5.92 Å². The summed E-state index contributed by atoms with van der Waals surface area (Å²) in [6, 6.07) is 7.97. The first-order valence-corrected chi connectivity index (χ1v) is 11.1. The van der Waals surface area contributed by atoms with E-state index in [1.165, 1.54) is 0 Å². The average Bonchev–Trinajstić information content (AvgIpc) is 2.56. The maximum Gasteiger partial charge on any atom is 0.174 e. The highest BCUT2D eigenvalue weighted by Gasteiger charge is 2.31. The smallest absolute Gasteiger partial charge is 0.174 e. The molecule has 3 nitrogen and oxygen atoms in total. The molecule has 0 N–H and O–H groups in total. The molecule has 4 heteroatoms. The van der Waals surface area contributed by atoms with Crippen LogP contribution >= 0.6 is 8.46 Å². The SMILES string of the molecule is Cc1cc(C)c(C(=O)C(CCC[PH2]=O)C(=O)c2c(C)cc(C)cc2C)c(C)c1. The van der Waals surface area contributed by atoms with Gasteiger partial charge in [0.15, 0.2) is 11.6 Å². The zero-order chi connectivity index (χ0) is 21.0. The predicted molar refractivity (Wildman–Crippen MR) is 118 cm³/mol. The van der Waals surface area contributed by atoms with Crippen LogP contribution in [-0.4, -0.2) is 17.7 Å². The van der Waals surface area contributed by atoms with Crippen LogP contribution in [0.4, 0.5) is 0 Å². The van der Waals surface area contributed by atoms with Crippen LogP contribution in [0.1, 0.15) is 66.9 Å². The molecule has 0 aliphatic rings. The summed E-state index contributed by atoms with van der Waals surface area (Å²) in [5.74, 6) is -0.952. The van der Waals surface area contributed by atoms with Crippen molar-refractivity contribution in [3.05, 3.63) is 68.8 Å². The summed E-state index contributed by atoms with van der Waals surface area (Å²) in [4.78, 5) is 27.0. The van der Waals surface area contributed by atoms with Gasteiger partial charge in [0.25, 0.3) is 0 Å². The van der Waals surface area contributed by atoms with Crippen molar-refractivity contribution in [1.29, 1.82) is 0 Å². The lowest BCUT2D eigenvalue weighted by Crippen LogP contribution is -2.27. The fourth-order valence-corrected chi connectivity index (χ4v) is 4.67. The maximum absolute atomic E-state index is 13.5. The molecule has 0 heterocycles. The number of aryl methyl sites for hydroxylation is 6. The topological polar surface area (TPSA) is 51.2 Å². The molecule has 1 unspecified atom stereocenters. The van der Waals surface area contributed by atoms with Gasteiger partial charge in [0.2, 0.25) is 0 Å². The molecule has 2 aromatic carbocycles. The van der Waals surface area contributed by atoms with E-state index in [0.717, 1.165) is 33.4 Å². The molecule has 0 amide bonds. The van der Waals surface area contributed by atoms with E-state index in [-0.39, 0.29) is 11.6 Å². The standard InChI is InChI=1S/C24H31O3P/c1-14-10-16(3)21(17(4)11-14)23(25)20(8-7-9-28-27)24(26)22-18(5)12-15(2)13-19(22)6/h10-13,20H,7-9,28H2,1-6H3. The second kappa shape index (κ2) is 9.47. The fraction of sp³-hybridized carbons (Fsp3) is 0.417. The molecule has 2 aromatic rings. The van der Waals surface area contributed by atoms with Crippen molar-refractivity contribution in [2.75, 3.05) is 6.16 Å². The zero-order valence-corrected chi connectivity index (χ0v) is 19.0. The minimum atomic E-state index is -0.863. The van der Waals surface area contributed by atoms with Crippen LogP contribution in [-0.2, 0) is 4.57 Å². The largest absolute Gasteiger partial charge is 0.330 e. The molecule has 0 saturated carbocycles. The van der Waals surface area contributed by atoms with Crippen LogP contribution in [0.3, 0.4) is 0 Å². The third-order valence-corrected chi connectivity index (χ3v) is 5.94. The van der Waals surface area contributed by atoms with Gasteiger partial charge >= 0.3 is 0 Å². The Morgan fingerprint density at radius 3 is 1.43 bits per heavy atom. The van der Waals surface area contributed by atoms with Crippen LogP contribution < -0.4 is 0 Å². The van der Waals surface area contributed by atoms with Gasteiger partial charge in [0, 0.05) is 11.1 Å². The minimum absolute atomic E-state index is 0.111. The van der Waals surface area contributed by atoms with E-state index in [1.54, 1.807) is 0 Å². The lowest BCUT2D eigenvalue weighted by molar-refractivity contribution is 0.0797. The minimum Gasteiger partial charge on any atom is -0.330 e. The van der Waals surface area contributed by atoms with Gasteiger partial charge in [-0.05, 0) is 82.8 Å². The highest BCUT2D eigenvalue weighted by Crippen LogP contribution is 2.28. The normalized spacial score (nSPS) is 11.5. The Hall–Kier alpha value is -1.99. The molecule has 28 heavy (non-hydrogen) atoms. The molecular formula is C24H31O3P. The summed E-state index contributed by atoms with van der Waals surface area (Å²) in [6.07, 6.45) is 1.62. The van der Waals surface area contributed by atoms with Gasteiger partial charge in [0.1, 0.15) is 0 Å². The van der Waals surface area contributed by atoms with Gasteiger partial charge in [-0.3, -0.25) is 9.59 Å². The summed E-state index contributed by atoms with van der Waals surface area (Å²) in [7, 11) is -0.863. The number of rotatable bonds is 8. The second-order valence-electron chi connectivity index (χ2n) is 7.93. The van der Waals surface area contributed by atoms with E-state index in [0.29, 0.717) is 30.1 Å². The van der Waals surface area contributed by atoms with Crippen LogP contribution in [0.2, 0.25) is 0 Å². The Morgan fingerprint density at radius 1 is 0.750 bits per heavy atom. The predicted octanol–water partition coefficient (Wildman–Crippen LogP) is 5.76. The Bertz CT molecular complexity index is 812. The zero-order valence-electron chi connectivity index (χ0n) is 17.8. The first-order valence-electron chi connectivity index (χ1n) is 9.85. The van der Waals surface area contributed by atoms with Crippen molar-refractivity contribution in [2.45, 2.75) is 54.4 Å². The molecule has 0 bridgehead atoms. The highest BCUT2D eigenvalue weighted by molar-refractivity contribution is 7.23. The molecule has 2 rings (SSSR count). The lowest BCUT2D eigenvalue weighted by Gasteiger charge is -2.20. The quantitative estimate of drug-likeness (QED) is 0.246. The van der Waals surface area contributed by atoms with Crippen molar-refractivity contribution in [3.63, 3.8) is 0 Å². The Balaban J connectivity index is 2.52. The summed E-state index contributed by atoms with van der Waals surface area (Å²) < 4.78 is 11.0. The molecule has 0 fully saturated rings. The molecule has 0 aromatic heterocycles. The van der Waals surface area contributed by atoms with Gasteiger partial charge in [-0.2, -0.15) is 0 Å². The van der Waals surface area contributed by atoms with Gasteiger partial charge in [-0.25, -0.2) is 0 Å². The number of carbonyl (C=O) groups excluding carboxylic acids is 2. The molecular weight excluding hydrogens is 367 g/mol. The van der Waals surface area contributed by atoms with Crippen LogP contribution in [0, 0.1) is 47.5 Å². The van der Waals surface area contributed by atoms with Gasteiger partial charge in [-0.1, -0.05) is 35.4 Å². The molecule has 0 spiro atoms. The van der Waals surface area contributed by atoms with E-state index in [4.69, 9.17) is 0 Å². The van der Waals surface area contributed by atoms with Crippen LogP contribution in [0.5, 0.6) is 0 Å². The number of Topliss-reactive ketones (excluding diaryl/α,β-unsaturated/α-hetero) is 2. The highest BCUT2D eigenvalue weighted by atomic mass is 31.1. The second-order valence-corrected chi connectivity index (χ2v) is 8.84. The van der Waals surface area contributed by atoms with E-state index < -0.39 is 14.4 Å². The molecule has 0 saturated heterocycles. The van der Waals surface area contributed by atoms with Crippen LogP contribution in [0.25, 0.3) is 0 Å². The molecule has 150 valence electrons. The number of benzene rings is 2. The summed E-state index contributed by atoms with van der Waals surface area (Å²) >= 11 is 0. The van der Waals surface area contributed by atoms with Gasteiger partial charge < -0.3 is 4.57 Å².